The van der Waals surface area contributed by atoms with E-state index in [2.05, 4.69) is 29.2 Å². The molecule has 0 spiro atoms. The van der Waals surface area contributed by atoms with E-state index in [0.29, 0.717) is 23.2 Å². The van der Waals surface area contributed by atoms with Crippen LogP contribution in [0.4, 0.5) is 19.0 Å². The van der Waals surface area contributed by atoms with Crippen molar-refractivity contribution < 1.29 is 13.2 Å². The van der Waals surface area contributed by atoms with E-state index in [1.165, 1.54) is 16.9 Å². The van der Waals surface area contributed by atoms with Crippen LogP contribution in [0.2, 0.25) is 0 Å². The van der Waals surface area contributed by atoms with Gasteiger partial charge in [-0.15, -0.1) is 0 Å². The number of hydrogen-bond acceptors (Lipinski definition) is 3. The normalized spacial score (nSPS) is 26.4. The highest BCUT2D eigenvalue weighted by Crippen LogP contribution is 2.34. The molecule has 3 unspecified atom stereocenters. The molecule has 1 saturated carbocycles. The summed E-state index contributed by atoms with van der Waals surface area (Å²) in [5.41, 5.74) is -0.539. The van der Waals surface area contributed by atoms with E-state index in [9.17, 15) is 13.2 Å². The Labute approximate surface area is 120 Å². The van der Waals surface area contributed by atoms with Gasteiger partial charge in [0.2, 0.25) is 0 Å². The quantitative estimate of drug-likeness (QED) is 0.921. The molecule has 0 amide bonds. The molecule has 1 fully saturated rings. The van der Waals surface area contributed by atoms with Gasteiger partial charge >= 0.3 is 6.18 Å². The minimum Gasteiger partial charge on any atom is -0.365 e. The molecular weight excluding hydrogens is 281 g/mol. The summed E-state index contributed by atoms with van der Waals surface area (Å²) in [6.07, 6.45) is 0.570. The summed E-state index contributed by atoms with van der Waals surface area (Å²) in [5, 5.41) is 6.85. The lowest BCUT2D eigenvalue weighted by Crippen LogP contribution is -2.24. The van der Waals surface area contributed by atoms with Gasteiger partial charge in [-0.1, -0.05) is 13.8 Å². The number of anilines is 1. The summed E-state index contributed by atoms with van der Waals surface area (Å²) in [6.45, 7) is 4.36. The van der Waals surface area contributed by atoms with Crippen LogP contribution in [0, 0.1) is 11.8 Å². The van der Waals surface area contributed by atoms with E-state index in [1.54, 1.807) is 0 Å². The number of alkyl halides is 3. The standard InChI is InChI=1S/C14H17F3N4/c1-8-3-4-10(9(8)2)19-13-11-7-12(14(15,16)17)20-21(11)6-5-18-13/h5-10H,3-4H2,1-2H3,(H,18,19). The minimum atomic E-state index is -4.45. The van der Waals surface area contributed by atoms with Crippen molar-refractivity contribution in [1.82, 2.24) is 14.6 Å². The first-order valence-electron chi connectivity index (χ1n) is 7.04. The van der Waals surface area contributed by atoms with E-state index in [0.717, 1.165) is 18.9 Å². The molecule has 1 aliphatic rings. The molecule has 2 heterocycles. The van der Waals surface area contributed by atoms with Crippen LogP contribution in [-0.4, -0.2) is 20.6 Å². The van der Waals surface area contributed by atoms with Crippen molar-refractivity contribution >= 4 is 11.3 Å². The predicted molar refractivity (Wildman–Crippen MR) is 73.0 cm³/mol. The zero-order valence-corrected chi connectivity index (χ0v) is 11.9. The second-order valence-corrected chi connectivity index (χ2v) is 5.80. The molecule has 3 atom stereocenters. The third-order valence-electron chi connectivity index (χ3n) is 4.47. The molecule has 114 valence electrons. The Hall–Kier alpha value is -1.79. The lowest BCUT2D eigenvalue weighted by atomic mass is 9.98. The van der Waals surface area contributed by atoms with Gasteiger partial charge in [0.15, 0.2) is 11.5 Å². The lowest BCUT2D eigenvalue weighted by Gasteiger charge is -2.20. The monoisotopic (exact) mass is 298 g/mol. The van der Waals surface area contributed by atoms with E-state index >= 15 is 0 Å². The van der Waals surface area contributed by atoms with Gasteiger partial charge in [0, 0.05) is 24.5 Å². The molecule has 4 nitrogen and oxygen atoms in total. The topological polar surface area (TPSA) is 42.2 Å². The molecule has 0 radical (unpaired) electrons. The number of nitrogens with zero attached hydrogens (tertiary/aromatic N) is 3. The van der Waals surface area contributed by atoms with Crippen molar-refractivity contribution in [2.75, 3.05) is 5.32 Å². The van der Waals surface area contributed by atoms with Crippen molar-refractivity contribution in [1.29, 1.82) is 0 Å². The Morgan fingerprint density at radius 3 is 2.67 bits per heavy atom. The van der Waals surface area contributed by atoms with Crippen molar-refractivity contribution in [2.24, 2.45) is 11.8 Å². The summed E-state index contributed by atoms with van der Waals surface area (Å²) in [4.78, 5) is 4.19. The smallest absolute Gasteiger partial charge is 0.365 e. The number of aromatic nitrogens is 3. The largest absolute Gasteiger partial charge is 0.435 e. The van der Waals surface area contributed by atoms with Gasteiger partial charge in [0.25, 0.3) is 0 Å². The van der Waals surface area contributed by atoms with Crippen LogP contribution in [0.1, 0.15) is 32.4 Å². The van der Waals surface area contributed by atoms with E-state index < -0.39 is 11.9 Å². The zero-order chi connectivity index (χ0) is 15.2. The van der Waals surface area contributed by atoms with Crippen LogP contribution in [0.5, 0.6) is 0 Å². The van der Waals surface area contributed by atoms with Crippen LogP contribution in [0.15, 0.2) is 18.5 Å². The first kappa shape index (κ1) is 14.2. The fraction of sp³-hybridized carbons (Fsp3) is 0.571. The Morgan fingerprint density at radius 2 is 2.05 bits per heavy atom. The van der Waals surface area contributed by atoms with Gasteiger partial charge < -0.3 is 5.32 Å². The summed E-state index contributed by atoms with van der Waals surface area (Å²) in [6, 6.07) is 1.28. The van der Waals surface area contributed by atoms with Crippen LogP contribution >= 0.6 is 0 Å². The lowest BCUT2D eigenvalue weighted by molar-refractivity contribution is -0.141. The number of halogens is 3. The van der Waals surface area contributed by atoms with Crippen LogP contribution in [0.25, 0.3) is 5.52 Å². The van der Waals surface area contributed by atoms with Crippen molar-refractivity contribution in [3.05, 3.63) is 24.2 Å². The fourth-order valence-corrected chi connectivity index (χ4v) is 2.92. The minimum absolute atomic E-state index is 0.239. The second kappa shape index (κ2) is 4.89. The molecule has 1 N–H and O–H groups in total. The number of fused-ring (bicyclic) bond motifs is 1. The molecule has 0 saturated heterocycles. The first-order chi connectivity index (χ1) is 9.86. The van der Waals surface area contributed by atoms with E-state index in [4.69, 9.17) is 0 Å². The summed E-state index contributed by atoms with van der Waals surface area (Å²) < 4.78 is 39.5. The summed E-state index contributed by atoms with van der Waals surface area (Å²) >= 11 is 0. The maximum atomic E-state index is 12.8. The zero-order valence-electron chi connectivity index (χ0n) is 11.9. The number of rotatable bonds is 2. The van der Waals surface area contributed by atoms with Gasteiger partial charge in [-0.25, -0.2) is 9.50 Å². The van der Waals surface area contributed by atoms with Gasteiger partial charge in [0.1, 0.15) is 5.52 Å². The third kappa shape index (κ3) is 2.56. The number of hydrogen-bond donors (Lipinski definition) is 1. The van der Waals surface area contributed by atoms with Gasteiger partial charge in [-0.05, 0) is 24.7 Å². The van der Waals surface area contributed by atoms with Crippen LogP contribution in [-0.2, 0) is 6.18 Å². The van der Waals surface area contributed by atoms with Gasteiger partial charge in [-0.2, -0.15) is 18.3 Å². The summed E-state index contributed by atoms with van der Waals surface area (Å²) in [5.74, 6) is 1.54. The van der Waals surface area contributed by atoms with Gasteiger partial charge in [0.05, 0.1) is 0 Å². The molecule has 2 aromatic heterocycles. The molecule has 3 rings (SSSR count). The van der Waals surface area contributed by atoms with Crippen molar-refractivity contribution in [3.8, 4) is 0 Å². The Bertz CT molecular complexity index is 649. The molecule has 7 heteroatoms. The SMILES string of the molecule is CC1CCC(Nc2nccn3nc(C(F)(F)F)cc23)C1C. The maximum Gasteiger partial charge on any atom is 0.435 e. The Kier molecular flexibility index (Phi) is 3.30. The Morgan fingerprint density at radius 1 is 1.29 bits per heavy atom. The highest BCUT2D eigenvalue weighted by atomic mass is 19.4. The van der Waals surface area contributed by atoms with Crippen LogP contribution in [0.3, 0.4) is 0 Å². The molecule has 0 aromatic carbocycles. The maximum absolute atomic E-state index is 12.8. The Balaban J connectivity index is 1.94. The van der Waals surface area contributed by atoms with Crippen molar-refractivity contribution in [3.63, 3.8) is 0 Å². The molecule has 0 bridgehead atoms. The highest BCUT2D eigenvalue weighted by Gasteiger charge is 2.35. The van der Waals surface area contributed by atoms with E-state index in [-0.39, 0.29) is 6.04 Å². The van der Waals surface area contributed by atoms with Crippen molar-refractivity contribution in [2.45, 2.75) is 38.9 Å². The predicted octanol–water partition coefficient (Wildman–Crippen LogP) is 3.59. The molecule has 21 heavy (non-hydrogen) atoms. The van der Waals surface area contributed by atoms with Gasteiger partial charge in [-0.3, -0.25) is 0 Å². The first-order valence-corrected chi connectivity index (χ1v) is 7.04. The second-order valence-electron chi connectivity index (χ2n) is 5.80. The highest BCUT2D eigenvalue weighted by molar-refractivity contribution is 5.68. The van der Waals surface area contributed by atoms with E-state index in [1.807, 2.05) is 0 Å². The summed E-state index contributed by atoms with van der Waals surface area (Å²) in [7, 11) is 0. The third-order valence-corrected chi connectivity index (χ3v) is 4.47. The molecule has 2 aromatic rings. The molecular formula is C14H17F3N4. The number of nitrogens with one attached hydrogen (secondary N) is 1. The fourth-order valence-electron chi connectivity index (χ4n) is 2.92. The molecule has 0 aliphatic heterocycles. The average Bonchev–Trinajstić information content (AvgIpc) is 2.98. The van der Waals surface area contributed by atoms with Crippen LogP contribution < -0.4 is 5.32 Å². The molecule has 1 aliphatic carbocycles. The average molecular weight is 298 g/mol.